The lowest BCUT2D eigenvalue weighted by Gasteiger charge is -2.25. The van der Waals surface area contributed by atoms with Crippen molar-refractivity contribution in [1.29, 1.82) is 0 Å². The van der Waals surface area contributed by atoms with Crippen molar-refractivity contribution in [3.05, 3.63) is 74.1 Å². The molecule has 0 spiro atoms. The van der Waals surface area contributed by atoms with Crippen LogP contribution in [0.5, 0.6) is 5.75 Å². The second kappa shape index (κ2) is 11.3. The van der Waals surface area contributed by atoms with E-state index in [4.69, 9.17) is 9.47 Å². The summed E-state index contributed by atoms with van der Waals surface area (Å²) in [5, 5.41) is 12.9. The van der Waals surface area contributed by atoms with E-state index >= 15 is 0 Å². The van der Waals surface area contributed by atoms with E-state index in [2.05, 4.69) is 18.8 Å². The van der Waals surface area contributed by atoms with Crippen LogP contribution >= 0.6 is 22.7 Å². The molecule has 0 radical (unpaired) electrons. The molecule has 3 heterocycles. The van der Waals surface area contributed by atoms with Gasteiger partial charge >= 0.3 is 5.97 Å². The summed E-state index contributed by atoms with van der Waals surface area (Å²) >= 11 is 2.21. The molecule has 0 saturated carbocycles. The minimum Gasteiger partial charge on any atom is -0.503 e. The van der Waals surface area contributed by atoms with Crippen molar-refractivity contribution >= 4 is 45.5 Å². The smallest absolute Gasteiger partial charge is 0.350 e. The van der Waals surface area contributed by atoms with Gasteiger partial charge in [0.05, 0.1) is 35.4 Å². The lowest BCUT2D eigenvalue weighted by Crippen LogP contribution is -2.31. The first-order valence-electron chi connectivity index (χ1n) is 11.9. The summed E-state index contributed by atoms with van der Waals surface area (Å²) in [6.45, 7) is 8.29. The van der Waals surface area contributed by atoms with Crippen LogP contribution in [-0.2, 0) is 9.53 Å². The van der Waals surface area contributed by atoms with Crippen LogP contribution in [0.4, 0.5) is 5.13 Å². The molecule has 2 aromatic heterocycles. The van der Waals surface area contributed by atoms with E-state index in [0.717, 1.165) is 17.8 Å². The normalized spacial score (nSPS) is 15.5. The Kier molecular flexibility index (Phi) is 8.09. The number of benzene rings is 1. The highest BCUT2D eigenvalue weighted by atomic mass is 32.1. The van der Waals surface area contributed by atoms with Crippen molar-refractivity contribution in [2.75, 3.05) is 18.1 Å². The molecule has 1 unspecified atom stereocenters. The Hall–Kier alpha value is -3.50. The molecule has 37 heavy (non-hydrogen) atoms. The Morgan fingerprint density at radius 2 is 2.00 bits per heavy atom. The number of ketones is 1. The van der Waals surface area contributed by atoms with Crippen LogP contribution in [0.15, 0.2) is 53.1 Å². The van der Waals surface area contributed by atoms with E-state index in [-0.39, 0.29) is 22.2 Å². The third kappa shape index (κ3) is 5.45. The Morgan fingerprint density at radius 1 is 1.22 bits per heavy atom. The highest BCUT2D eigenvalue weighted by molar-refractivity contribution is 7.17. The molecule has 1 amide bonds. The average Bonchev–Trinajstić information content (AvgIpc) is 3.58. The molecule has 1 N–H and O–H groups in total. The molecular weight excluding hydrogens is 512 g/mol. The summed E-state index contributed by atoms with van der Waals surface area (Å²) in [6, 6.07) is 9.54. The van der Waals surface area contributed by atoms with Crippen molar-refractivity contribution in [2.24, 2.45) is 5.92 Å². The van der Waals surface area contributed by atoms with E-state index in [1.54, 1.807) is 49.6 Å². The van der Waals surface area contributed by atoms with Crippen LogP contribution in [-0.4, -0.2) is 41.0 Å². The molecule has 1 aliphatic rings. The van der Waals surface area contributed by atoms with Gasteiger partial charge in [-0.15, -0.1) is 11.3 Å². The quantitative estimate of drug-likeness (QED) is 0.252. The van der Waals surface area contributed by atoms with E-state index < -0.39 is 29.5 Å². The Bertz CT molecular complexity index is 1340. The maximum atomic E-state index is 13.5. The number of amides is 1. The fraction of sp³-hybridized carbons (Fsp3) is 0.333. The third-order valence-electron chi connectivity index (χ3n) is 5.79. The second-order valence-corrected chi connectivity index (χ2v) is 10.8. The van der Waals surface area contributed by atoms with E-state index in [0.29, 0.717) is 34.4 Å². The van der Waals surface area contributed by atoms with Gasteiger partial charge < -0.3 is 14.6 Å². The number of hydrogen-bond donors (Lipinski definition) is 1. The maximum absolute atomic E-state index is 13.5. The summed E-state index contributed by atoms with van der Waals surface area (Å²) in [6.07, 6.45) is 0.871. The molecule has 8 nitrogen and oxygen atoms in total. The summed E-state index contributed by atoms with van der Waals surface area (Å²) in [5.74, 6) is -1.33. The highest BCUT2D eigenvalue weighted by Crippen LogP contribution is 2.44. The van der Waals surface area contributed by atoms with Crippen LogP contribution in [0.1, 0.15) is 63.8 Å². The molecular formula is C27H28N2O6S2. The van der Waals surface area contributed by atoms with Crippen molar-refractivity contribution in [3.8, 4) is 5.75 Å². The van der Waals surface area contributed by atoms with Gasteiger partial charge in [-0.1, -0.05) is 43.4 Å². The van der Waals surface area contributed by atoms with Crippen molar-refractivity contribution in [2.45, 2.75) is 40.2 Å². The summed E-state index contributed by atoms with van der Waals surface area (Å²) in [4.78, 5) is 45.7. The number of Topliss-reactive ketones (excluding diaryl/α,β-unsaturated/α-hetero) is 1. The number of ether oxygens (including phenoxy) is 2. The number of aliphatic hydroxyl groups excluding tert-OH is 1. The number of thiophene rings is 1. The second-order valence-electron chi connectivity index (χ2n) is 8.88. The lowest BCUT2D eigenvalue weighted by molar-refractivity contribution is -0.117. The predicted molar refractivity (Wildman–Crippen MR) is 143 cm³/mol. The molecule has 1 aliphatic heterocycles. The number of esters is 1. The van der Waals surface area contributed by atoms with Crippen molar-refractivity contribution < 1.29 is 29.0 Å². The van der Waals surface area contributed by atoms with Crippen LogP contribution in [0.3, 0.4) is 0 Å². The number of hydrogen-bond acceptors (Lipinski definition) is 9. The first-order chi connectivity index (χ1) is 17.7. The number of carbonyl (C=O) groups excluding carboxylic acids is 3. The summed E-state index contributed by atoms with van der Waals surface area (Å²) < 4.78 is 11.0. The molecule has 0 saturated heterocycles. The van der Waals surface area contributed by atoms with Gasteiger partial charge in [0.15, 0.2) is 10.9 Å². The third-order valence-corrected chi connectivity index (χ3v) is 7.79. The van der Waals surface area contributed by atoms with E-state index in [1.807, 2.05) is 6.07 Å². The predicted octanol–water partition coefficient (Wildman–Crippen LogP) is 5.90. The SMILES string of the molecule is CCOC(=O)c1sc(N2C(=O)C(O)=C(C(=O)c3cccs3)C2c2cccc(OCCC(C)C)c2)nc1C. The van der Waals surface area contributed by atoms with Crippen LogP contribution in [0.2, 0.25) is 0 Å². The maximum Gasteiger partial charge on any atom is 0.350 e. The van der Waals surface area contributed by atoms with Gasteiger partial charge in [0.25, 0.3) is 5.91 Å². The van der Waals surface area contributed by atoms with Crippen molar-refractivity contribution in [1.82, 2.24) is 4.98 Å². The molecule has 10 heteroatoms. The monoisotopic (exact) mass is 540 g/mol. The molecule has 0 bridgehead atoms. The van der Waals surface area contributed by atoms with Crippen LogP contribution in [0.25, 0.3) is 0 Å². The summed E-state index contributed by atoms with van der Waals surface area (Å²) in [5.41, 5.74) is 0.926. The van der Waals surface area contributed by atoms with Crippen molar-refractivity contribution in [3.63, 3.8) is 0 Å². The van der Waals surface area contributed by atoms with Gasteiger partial charge in [0, 0.05) is 0 Å². The first-order valence-corrected chi connectivity index (χ1v) is 13.6. The highest BCUT2D eigenvalue weighted by Gasteiger charge is 2.46. The lowest BCUT2D eigenvalue weighted by atomic mass is 9.95. The number of carbonyl (C=O) groups is 3. The van der Waals surface area contributed by atoms with Crippen LogP contribution in [0, 0.1) is 12.8 Å². The molecule has 194 valence electrons. The Balaban J connectivity index is 1.79. The molecule has 1 atom stereocenters. The van der Waals surface area contributed by atoms with Gasteiger partial charge in [-0.3, -0.25) is 14.5 Å². The first kappa shape index (κ1) is 26.6. The molecule has 0 fully saturated rings. The topological polar surface area (TPSA) is 106 Å². The number of anilines is 1. The number of thiazole rings is 1. The largest absolute Gasteiger partial charge is 0.503 e. The van der Waals surface area contributed by atoms with E-state index in [9.17, 15) is 19.5 Å². The zero-order valence-electron chi connectivity index (χ0n) is 21.0. The molecule has 4 rings (SSSR count). The standard InChI is InChI=1S/C27H28N2O6S2/c1-5-34-26(33)24-16(4)28-27(37-24)29-21(17-8-6-9-18(14-17)35-12-11-15(2)3)20(23(31)25(29)32)22(30)19-10-7-13-36-19/h6-10,13-15,21,31H,5,11-12H2,1-4H3. The van der Waals surface area contributed by atoms with Gasteiger partial charge in [0.1, 0.15) is 10.6 Å². The zero-order chi connectivity index (χ0) is 26.7. The number of aryl methyl sites for hydroxylation is 1. The zero-order valence-corrected chi connectivity index (χ0v) is 22.6. The number of nitrogens with zero attached hydrogens (tertiary/aromatic N) is 2. The van der Waals surface area contributed by atoms with E-state index in [1.165, 1.54) is 16.2 Å². The fourth-order valence-corrected chi connectivity index (χ4v) is 5.61. The van der Waals surface area contributed by atoms with Gasteiger partial charge in [-0.25, -0.2) is 9.78 Å². The average molecular weight is 541 g/mol. The number of aliphatic hydroxyl groups is 1. The minimum absolute atomic E-state index is 0.0441. The molecule has 0 aliphatic carbocycles. The molecule has 1 aromatic carbocycles. The Morgan fingerprint density at radius 3 is 2.68 bits per heavy atom. The minimum atomic E-state index is -0.962. The van der Waals surface area contributed by atoms with Crippen LogP contribution < -0.4 is 9.64 Å². The number of rotatable bonds is 10. The van der Waals surface area contributed by atoms with Gasteiger partial charge in [-0.05, 0) is 55.3 Å². The Labute approximate surface area is 223 Å². The number of aromatic nitrogens is 1. The summed E-state index contributed by atoms with van der Waals surface area (Å²) in [7, 11) is 0. The van der Waals surface area contributed by atoms with Gasteiger partial charge in [-0.2, -0.15) is 0 Å². The molecule has 3 aromatic rings. The van der Waals surface area contributed by atoms with Gasteiger partial charge in [0.2, 0.25) is 5.78 Å². The fourth-order valence-electron chi connectivity index (χ4n) is 3.95.